The molecule has 0 saturated heterocycles. The Balaban J connectivity index is 2.10. The molecule has 0 radical (unpaired) electrons. The summed E-state index contributed by atoms with van der Waals surface area (Å²) in [6.07, 6.45) is 3.54. The molecule has 1 aromatic carbocycles. The number of anilines is 1. The minimum Gasteiger partial charge on any atom is -0.497 e. The molecule has 0 spiro atoms. The molecule has 1 aromatic rings. The van der Waals surface area contributed by atoms with Crippen molar-refractivity contribution in [1.29, 1.82) is 0 Å². The van der Waals surface area contributed by atoms with Gasteiger partial charge in [-0.05, 0) is 25.0 Å². The van der Waals surface area contributed by atoms with Gasteiger partial charge < -0.3 is 20.5 Å². The molecule has 0 aliphatic heterocycles. The van der Waals surface area contributed by atoms with Crippen molar-refractivity contribution in [2.75, 3.05) is 26.4 Å². The molecule has 0 unspecified atom stereocenters. The standard InChI is InChI=1S/C15H22N2O3/c1-17(10-15(19)7-3-4-8-15)14(18)12-6-5-11(20-2)9-13(12)16/h5-6,9,19H,3-4,7-8,10,16H2,1-2H3. The number of ether oxygens (including phenoxy) is 1. The van der Waals surface area contributed by atoms with Gasteiger partial charge in [0.15, 0.2) is 0 Å². The third-order valence-electron chi connectivity index (χ3n) is 3.90. The summed E-state index contributed by atoms with van der Waals surface area (Å²) < 4.78 is 5.07. The van der Waals surface area contributed by atoms with Crippen LogP contribution in [0.4, 0.5) is 5.69 Å². The largest absolute Gasteiger partial charge is 0.497 e. The average Bonchev–Trinajstić information content (AvgIpc) is 2.84. The number of likely N-dealkylation sites (N-methyl/N-ethyl adjacent to an activating group) is 1. The quantitative estimate of drug-likeness (QED) is 0.821. The van der Waals surface area contributed by atoms with E-state index in [0.29, 0.717) is 23.5 Å². The molecule has 110 valence electrons. The number of nitrogen functional groups attached to an aromatic ring is 1. The van der Waals surface area contributed by atoms with Gasteiger partial charge in [0.05, 0.1) is 18.3 Å². The van der Waals surface area contributed by atoms with Crippen LogP contribution in [0.2, 0.25) is 0 Å². The molecule has 20 heavy (non-hydrogen) atoms. The second-order valence-electron chi connectivity index (χ2n) is 5.55. The number of rotatable bonds is 4. The summed E-state index contributed by atoms with van der Waals surface area (Å²) in [5.41, 5.74) is 5.97. The zero-order chi connectivity index (χ0) is 14.8. The van der Waals surface area contributed by atoms with Crippen LogP contribution in [0.25, 0.3) is 0 Å². The maximum atomic E-state index is 12.4. The minimum absolute atomic E-state index is 0.175. The monoisotopic (exact) mass is 278 g/mol. The fourth-order valence-corrected chi connectivity index (χ4v) is 2.77. The lowest BCUT2D eigenvalue weighted by Crippen LogP contribution is -2.42. The zero-order valence-corrected chi connectivity index (χ0v) is 12.1. The number of amides is 1. The van der Waals surface area contributed by atoms with Crippen molar-refractivity contribution in [2.24, 2.45) is 0 Å². The number of carbonyl (C=O) groups is 1. The first kappa shape index (κ1) is 14.7. The number of aliphatic hydroxyl groups is 1. The molecular formula is C15H22N2O3. The van der Waals surface area contributed by atoms with Gasteiger partial charge in [0, 0.05) is 25.3 Å². The number of methoxy groups -OCH3 is 1. The molecule has 1 aliphatic carbocycles. The summed E-state index contributed by atoms with van der Waals surface area (Å²) in [6, 6.07) is 5.00. The number of nitrogens with two attached hydrogens (primary N) is 1. The van der Waals surface area contributed by atoms with Crippen molar-refractivity contribution >= 4 is 11.6 Å². The highest BCUT2D eigenvalue weighted by Crippen LogP contribution is 2.30. The second-order valence-corrected chi connectivity index (χ2v) is 5.55. The Morgan fingerprint density at radius 1 is 1.45 bits per heavy atom. The van der Waals surface area contributed by atoms with Gasteiger partial charge >= 0.3 is 0 Å². The van der Waals surface area contributed by atoms with Crippen LogP contribution in [-0.2, 0) is 0 Å². The van der Waals surface area contributed by atoms with E-state index in [9.17, 15) is 9.90 Å². The van der Waals surface area contributed by atoms with Crippen LogP contribution in [0.1, 0.15) is 36.0 Å². The van der Waals surface area contributed by atoms with E-state index >= 15 is 0 Å². The maximum absolute atomic E-state index is 12.4. The second kappa shape index (κ2) is 5.71. The van der Waals surface area contributed by atoms with Crippen molar-refractivity contribution in [3.8, 4) is 5.75 Å². The predicted molar refractivity (Wildman–Crippen MR) is 77.8 cm³/mol. The number of hydrogen-bond donors (Lipinski definition) is 2. The zero-order valence-electron chi connectivity index (χ0n) is 12.1. The lowest BCUT2D eigenvalue weighted by molar-refractivity contribution is 0.0157. The van der Waals surface area contributed by atoms with Gasteiger partial charge in [0.1, 0.15) is 5.75 Å². The predicted octanol–water partition coefficient (Wildman–Crippen LogP) is 1.65. The lowest BCUT2D eigenvalue weighted by atomic mass is 10.0. The van der Waals surface area contributed by atoms with Gasteiger partial charge in [-0.3, -0.25) is 4.79 Å². The molecule has 1 fully saturated rings. The summed E-state index contributed by atoms with van der Waals surface area (Å²) in [5, 5.41) is 10.4. The Morgan fingerprint density at radius 3 is 2.65 bits per heavy atom. The first-order valence-electron chi connectivity index (χ1n) is 6.86. The topological polar surface area (TPSA) is 75.8 Å². The fourth-order valence-electron chi connectivity index (χ4n) is 2.77. The average molecular weight is 278 g/mol. The molecule has 0 atom stereocenters. The smallest absolute Gasteiger partial charge is 0.255 e. The van der Waals surface area contributed by atoms with Gasteiger partial charge in [-0.2, -0.15) is 0 Å². The minimum atomic E-state index is -0.744. The summed E-state index contributed by atoms with van der Waals surface area (Å²) >= 11 is 0. The van der Waals surface area contributed by atoms with E-state index in [1.54, 1.807) is 37.3 Å². The van der Waals surface area contributed by atoms with Crippen LogP contribution in [-0.4, -0.2) is 42.2 Å². The first-order valence-corrected chi connectivity index (χ1v) is 6.86. The van der Waals surface area contributed by atoms with E-state index in [-0.39, 0.29) is 5.91 Å². The van der Waals surface area contributed by atoms with Gasteiger partial charge in [0.2, 0.25) is 0 Å². The SMILES string of the molecule is COc1ccc(C(=O)N(C)CC2(O)CCCC2)c(N)c1. The number of nitrogens with zero attached hydrogens (tertiary/aromatic N) is 1. The van der Waals surface area contributed by atoms with E-state index in [2.05, 4.69) is 0 Å². The molecule has 3 N–H and O–H groups in total. The summed E-state index contributed by atoms with van der Waals surface area (Å²) in [4.78, 5) is 13.9. The lowest BCUT2D eigenvalue weighted by Gasteiger charge is -2.29. The van der Waals surface area contributed by atoms with Crippen molar-refractivity contribution < 1.29 is 14.6 Å². The summed E-state index contributed by atoms with van der Waals surface area (Å²) in [7, 11) is 3.25. The van der Waals surface area contributed by atoms with Gasteiger partial charge in [-0.15, -0.1) is 0 Å². The van der Waals surface area contributed by atoms with E-state index in [1.165, 1.54) is 0 Å². The van der Waals surface area contributed by atoms with Crippen molar-refractivity contribution in [3.05, 3.63) is 23.8 Å². The van der Waals surface area contributed by atoms with Crippen LogP contribution in [0.5, 0.6) is 5.75 Å². The van der Waals surface area contributed by atoms with Crippen LogP contribution < -0.4 is 10.5 Å². The summed E-state index contributed by atoms with van der Waals surface area (Å²) in [5.74, 6) is 0.446. The maximum Gasteiger partial charge on any atom is 0.255 e. The third kappa shape index (κ3) is 3.04. The molecule has 2 rings (SSSR count). The molecule has 1 saturated carbocycles. The Morgan fingerprint density at radius 2 is 2.10 bits per heavy atom. The molecular weight excluding hydrogens is 256 g/mol. The Labute approximate surface area is 119 Å². The van der Waals surface area contributed by atoms with E-state index in [1.807, 2.05) is 0 Å². The molecule has 0 aromatic heterocycles. The molecule has 0 heterocycles. The van der Waals surface area contributed by atoms with Crippen molar-refractivity contribution in [1.82, 2.24) is 4.90 Å². The highest BCUT2D eigenvalue weighted by Gasteiger charge is 2.33. The number of hydrogen-bond acceptors (Lipinski definition) is 4. The molecule has 1 amide bonds. The van der Waals surface area contributed by atoms with Gasteiger partial charge in [0.25, 0.3) is 5.91 Å². The summed E-state index contributed by atoms with van der Waals surface area (Å²) in [6.45, 7) is 0.345. The Kier molecular flexibility index (Phi) is 4.18. The van der Waals surface area contributed by atoms with E-state index in [0.717, 1.165) is 25.7 Å². The van der Waals surface area contributed by atoms with Crippen molar-refractivity contribution in [3.63, 3.8) is 0 Å². The fraction of sp³-hybridized carbons (Fsp3) is 0.533. The molecule has 1 aliphatic rings. The highest BCUT2D eigenvalue weighted by molar-refractivity contribution is 5.99. The molecule has 5 heteroatoms. The van der Waals surface area contributed by atoms with Gasteiger partial charge in [-0.1, -0.05) is 12.8 Å². The van der Waals surface area contributed by atoms with Crippen LogP contribution in [0.15, 0.2) is 18.2 Å². The third-order valence-corrected chi connectivity index (χ3v) is 3.90. The van der Waals surface area contributed by atoms with Gasteiger partial charge in [-0.25, -0.2) is 0 Å². The van der Waals surface area contributed by atoms with Crippen LogP contribution in [0, 0.1) is 0 Å². The van der Waals surface area contributed by atoms with E-state index in [4.69, 9.17) is 10.5 Å². The number of carbonyl (C=O) groups excluding carboxylic acids is 1. The van der Waals surface area contributed by atoms with E-state index < -0.39 is 5.60 Å². The van der Waals surface area contributed by atoms with Crippen LogP contribution in [0.3, 0.4) is 0 Å². The number of benzene rings is 1. The molecule has 5 nitrogen and oxygen atoms in total. The highest BCUT2D eigenvalue weighted by atomic mass is 16.5. The van der Waals surface area contributed by atoms with Crippen molar-refractivity contribution in [2.45, 2.75) is 31.3 Å². The normalized spacial score (nSPS) is 16.9. The Bertz CT molecular complexity index is 496. The van der Waals surface area contributed by atoms with Crippen LogP contribution >= 0.6 is 0 Å². The molecule has 0 bridgehead atoms. The first-order chi connectivity index (χ1) is 9.45. The Hall–Kier alpha value is -1.75.